The van der Waals surface area contributed by atoms with E-state index in [2.05, 4.69) is 17.1 Å². The SMILES string of the molecule is C=CCc1cc(/C=N/NC(=O)COc2ccc(Cl)cc2Cl)cc(OC)c1OCC(=O)O. The Hall–Kier alpha value is -3.23. The number of allylic oxidation sites excluding steroid dienone is 1. The van der Waals surface area contributed by atoms with Crippen LogP contribution in [0.5, 0.6) is 17.2 Å². The molecule has 0 unspecified atom stereocenters. The number of rotatable bonds is 11. The number of carbonyl (C=O) groups is 2. The fourth-order valence-corrected chi connectivity index (χ4v) is 2.92. The van der Waals surface area contributed by atoms with Crippen LogP contribution in [0, 0.1) is 0 Å². The Balaban J connectivity index is 2.04. The first kappa shape index (κ1) is 24.0. The topological polar surface area (TPSA) is 106 Å². The van der Waals surface area contributed by atoms with Gasteiger partial charge in [-0.1, -0.05) is 29.3 Å². The zero-order valence-electron chi connectivity index (χ0n) is 16.6. The number of nitrogens with zero attached hydrogens (tertiary/aromatic N) is 1. The van der Waals surface area contributed by atoms with Gasteiger partial charge < -0.3 is 19.3 Å². The van der Waals surface area contributed by atoms with Crippen molar-refractivity contribution in [1.29, 1.82) is 0 Å². The number of ether oxygens (including phenoxy) is 3. The minimum atomic E-state index is -1.11. The number of halogens is 2. The molecule has 2 aromatic carbocycles. The van der Waals surface area contributed by atoms with Gasteiger partial charge in [-0.05, 0) is 42.3 Å². The number of hydrogen-bond acceptors (Lipinski definition) is 6. The lowest BCUT2D eigenvalue weighted by Crippen LogP contribution is -2.24. The maximum atomic E-state index is 11.9. The summed E-state index contributed by atoms with van der Waals surface area (Å²) in [4.78, 5) is 22.8. The second-order valence-electron chi connectivity index (χ2n) is 6.04. The lowest BCUT2D eigenvalue weighted by Gasteiger charge is -2.14. The predicted molar refractivity (Wildman–Crippen MR) is 118 cm³/mol. The van der Waals surface area contributed by atoms with Gasteiger partial charge in [0.05, 0.1) is 18.3 Å². The first-order chi connectivity index (χ1) is 14.8. The molecule has 0 fully saturated rings. The van der Waals surface area contributed by atoms with E-state index in [4.69, 9.17) is 42.5 Å². The first-order valence-electron chi connectivity index (χ1n) is 8.90. The summed E-state index contributed by atoms with van der Waals surface area (Å²) in [6.07, 6.45) is 3.46. The number of carboxylic acids is 1. The van der Waals surface area contributed by atoms with Crippen molar-refractivity contribution in [1.82, 2.24) is 5.43 Å². The van der Waals surface area contributed by atoms with E-state index in [9.17, 15) is 9.59 Å². The summed E-state index contributed by atoms with van der Waals surface area (Å²) in [5.74, 6) is -0.654. The van der Waals surface area contributed by atoms with Gasteiger partial charge in [-0.3, -0.25) is 4.79 Å². The Labute approximate surface area is 189 Å². The van der Waals surface area contributed by atoms with E-state index in [-0.39, 0.29) is 11.6 Å². The van der Waals surface area contributed by atoms with Crippen LogP contribution in [0.15, 0.2) is 48.1 Å². The Morgan fingerprint density at radius 2 is 1.94 bits per heavy atom. The largest absolute Gasteiger partial charge is 0.493 e. The van der Waals surface area contributed by atoms with Gasteiger partial charge in [0.25, 0.3) is 5.91 Å². The number of methoxy groups -OCH3 is 1. The van der Waals surface area contributed by atoms with Crippen molar-refractivity contribution in [3.63, 3.8) is 0 Å². The second kappa shape index (κ2) is 11.8. The highest BCUT2D eigenvalue weighted by molar-refractivity contribution is 6.35. The Morgan fingerprint density at radius 1 is 1.16 bits per heavy atom. The average molecular weight is 467 g/mol. The third-order valence-corrected chi connectivity index (χ3v) is 4.26. The minimum Gasteiger partial charge on any atom is -0.493 e. The molecule has 0 atom stereocenters. The van der Waals surface area contributed by atoms with Gasteiger partial charge in [-0.25, -0.2) is 10.2 Å². The molecule has 0 saturated carbocycles. The number of carboxylic acid groups (broad SMARTS) is 1. The van der Waals surface area contributed by atoms with Crippen molar-refractivity contribution in [2.24, 2.45) is 5.10 Å². The molecule has 0 aromatic heterocycles. The molecule has 2 aromatic rings. The average Bonchev–Trinajstić information content (AvgIpc) is 2.72. The molecule has 0 heterocycles. The van der Waals surface area contributed by atoms with E-state index in [1.165, 1.54) is 19.4 Å². The molecule has 2 rings (SSSR count). The van der Waals surface area contributed by atoms with Crippen LogP contribution in [0.25, 0.3) is 0 Å². The number of hydrazone groups is 1. The van der Waals surface area contributed by atoms with Crippen molar-refractivity contribution in [2.75, 3.05) is 20.3 Å². The van der Waals surface area contributed by atoms with E-state index in [1.54, 1.807) is 30.3 Å². The van der Waals surface area contributed by atoms with Crippen molar-refractivity contribution in [3.05, 3.63) is 64.2 Å². The van der Waals surface area contributed by atoms with Crippen molar-refractivity contribution in [3.8, 4) is 17.2 Å². The minimum absolute atomic E-state index is 0.288. The molecule has 0 radical (unpaired) electrons. The quantitative estimate of drug-likeness (QED) is 0.297. The van der Waals surface area contributed by atoms with Crippen LogP contribution in [0.2, 0.25) is 10.0 Å². The highest BCUT2D eigenvalue weighted by atomic mass is 35.5. The zero-order chi connectivity index (χ0) is 22.8. The Morgan fingerprint density at radius 3 is 2.58 bits per heavy atom. The van der Waals surface area contributed by atoms with Crippen LogP contribution in [0.4, 0.5) is 0 Å². The number of aliphatic carboxylic acids is 1. The smallest absolute Gasteiger partial charge is 0.341 e. The summed E-state index contributed by atoms with van der Waals surface area (Å²) in [5.41, 5.74) is 3.59. The monoisotopic (exact) mass is 466 g/mol. The molecule has 2 N–H and O–H groups in total. The number of hydrogen-bond donors (Lipinski definition) is 2. The summed E-state index contributed by atoms with van der Waals surface area (Å²) in [7, 11) is 1.43. The fraction of sp³-hybridized carbons (Fsp3) is 0.190. The molecule has 8 nitrogen and oxygen atoms in total. The van der Waals surface area contributed by atoms with E-state index in [1.807, 2.05) is 0 Å². The van der Waals surface area contributed by atoms with Crippen LogP contribution >= 0.6 is 23.2 Å². The van der Waals surface area contributed by atoms with E-state index in [0.717, 1.165) is 0 Å². The summed E-state index contributed by atoms with van der Waals surface area (Å²) < 4.78 is 16.0. The van der Waals surface area contributed by atoms with Gasteiger partial charge in [-0.15, -0.1) is 6.58 Å². The first-order valence-corrected chi connectivity index (χ1v) is 9.65. The molecule has 0 bridgehead atoms. The standard InChI is InChI=1S/C21H20Cl2N2O6/c1-3-4-14-7-13(8-18(29-2)21(14)31-12-20(27)28)10-24-25-19(26)11-30-17-6-5-15(22)9-16(17)23/h3,5-10H,1,4,11-12H2,2H3,(H,25,26)(H,27,28)/b24-10+. The molecule has 0 aliphatic carbocycles. The summed E-state index contributed by atoms with van der Waals surface area (Å²) in [6, 6.07) is 7.98. The Kier molecular flexibility index (Phi) is 9.17. The summed E-state index contributed by atoms with van der Waals surface area (Å²) >= 11 is 11.8. The third-order valence-electron chi connectivity index (χ3n) is 3.73. The van der Waals surface area contributed by atoms with Crippen LogP contribution in [-0.4, -0.2) is 43.5 Å². The lowest BCUT2D eigenvalue weighted by molar-refractivity contribution is -0.139. The molecule has 164 valence electrons. The van der Waals surface area contributed by atoms with Crippen molar-refractivity contribution >= 4 is 41.3 Å². The van der Waals surface area contributed by atoms with Gasteiger partial charge in [0.2, 0.25) is 0 Å². The summed E-state index contributed by atoms with van der Waals surface area (Å²) in [6.45, 7) is 2.87. The summed E-state index contributed by atoms with van der Waals surface area (Å²) in [5, 5.41) is 13.5. The Bertz CT molecular complexity index is 994. The molecule has 0 aliphatic rings. The van der Waals surface area contributed by atoms with Crippen LogP contribution < -0.4 is 19.6 Å². The number of carbonyl (C=O) groups excluding carboxylic acids is 1. The van der Waals surface area contributed by atoms with E-state index >= 15 is 0 Å². The zero-order valence-corrected chi connectivity index (χ0v) is 18.1. The maximum Gasteiger partial charge on any atom is 0.341 e. The fourth-order valence-electron chi connectivity index (χ4n) is 2.46. The van der Waals surface area contributed by atoms with Crippen molar-refractivity contribution in [2.45, 2.75) is 6.42 Å². The van der Waals surface area contributed by atoms with Crippen LogP contribution in [0.3, 0.4) is 0 Å². The third kappa shape index (κ3) is 7.51. The maximum absolute atomic E-state index is 11.9. The van der Waals surface area contributed by atoms with E-state index in [0.29, 0.717) is 39.8 Å². The van der Waals surface area contributed by atoms with Crippen LogP contribution in [0.1, 0.15) is 11.1 Å². The molecule has 0 saturated heterocycles. The van der Waals surface area contributed by atoms with Crippen molar-refractivity contribution < 1.29 is 28.9 Å². The molecule has 31 heavy (non-hydrogen) atoms. The van der Waals surface area contributed by atoms with Gasteiger partial charge in [0.1, 0.15) is 5.75 Å². The number of benzene rings is 2. The van der Waals surface area contributed by atoms with Gasteiger partial charge in [0.15, 0.2) is 24.7 Å². The van der Waals surface area contributed by atoms with Gasteiger partial charge >= 0.3 is 5.97 Å². The highest BCUT2D eigenvalue weighted by Crippen LogP contribution is 2.33. The molecule has 0 spiro atoms. The van der Waals surface area contributed by atoms with Crippen LogP contribution in [-0.2, 0) is 16.0 Å². The van der Waals surface area contributed by atoms with Gasteiger partial charge in [0, 0.05) is 10.6 Å². The molecule has 1 amide bonds. The lowest BCUT2D eigenvalue weighted by atomic mass is 10.1. The molecular weight excluding hydrogens is 447 g/mol. The predicted octanol–water partition coefficient (Wildman–Crippen LogP) is 3.72. The molecular formula is C21H20Cl2N2O6. The number of amides is 1. The molecule has 10 heteroatoms. The second-order valence-corrected chi connectivity index (χ2v) is 6.89. The normalized spacial score (nSPS) is 10.5. The number of nitrogens with one attached hydrogen (secondary N) is 1. The van der Waals surface area contributed by atoms with Gasteiger partial charge in [-0.2, -0.15) is 5.10 Å². The van der Waals surface area contributed by atoms with E-state index < -0.39 is 18.5 Å². The molecule has 0 aliphatic heterocycles. The highest BCUT2D eigenvalue weighted by Gasteiger charge is 2.14.